The number of H-pyrrole nitrogens is 1. The monoisotopic (exact) mass is 400 g/mol. The lowest BCUT2D eigenvalue weighted by Crippen LogP contribution is -2.10. The predicted molar refractivity (Wildman–Crippen MR) is 109 cm³/mol. The molecule has 0 fully saturated rings. The Morgan fingerprint density at radius 1 is 1.26 bits per heavy atom. The molecule has 0 atom stereocenters. The van der Waals surface area contributed by atoms with Crippen molar-refractivity contribution in [2.45, 2.75) is 43.5 Å². The van der Waals surface area contributed by atoms with Crippen LogP contribution in [0.15, 0.2) is 34.2 Å². The zero-order chi connectivity index (χ0) is 18.8. The van der Waals surface area contributed by atoms with Crippen molar-refractivity contribution in [2.75, 3.05) is 6.61 Å². The lowest BCUT2D eigenvalue weighted by atomic mass is 9.97. The number of thioether (sulfide) groups is 1. The molecule has 1 N–H and O–H groups in total. The molecule has 0 saturated heterocycles. The highest BCUT2D eigenvalue weighted by Crippen LogP contribution is 2.34. The number of hydrogen-bond donors (Lipinski definition) is 1. The van der Waals surface area contributed by atoms with Gasteiger partial charge in [-0.25, -0.2) is 9.78 Å². The van der Waals surface area contributed by atoms with Crippen LogP contribution < -0.4 is 5.56 Å². The van der Waals surface area contributed by atoms with Crippen LogP contribution >= 0.6 is 23.1 Å². The average molecular weight is 401 g/mol. The summed E-state index contributed by atoms with van der Waals surface area (Å²) in [6.07, 6.45) is 4.39. The second-order valence-electron chi connectivity index (χ2n) is 6.47. The Kier molecular flexibility index (Phi) is 5.31. The van der Waals surface area contributed by atoms with Crippen LogP contribution in [-0.2, 0) is 23.3 Å². The van der Waals surface area contributed by atoms with Gasteiger partial charge in [0.25, 0.3) is 5.56 Å². The van der Waals surface area contributed by atoms with Crippen LogP contribution in [-0.4, -0.2) is 22.5 Å². The zero-order valence-electron chi connectivity index (χ0n) is 15.0. The first kappa shape index (κ1) is 18.3. The molecule has 2 heterocycles. The van der Waals surface area contributed by atoms with Crippen molar-refractivity contribution in [3.63, 3.8) is 0 Å². The summed E-state index contributed by atoms with van der Waals surface area (Å²) >= 11 is 3.16. The van der Waals surface area contributed by atoms with Gasteiger partial charge in [0.1, 0.15) is 4.83 Å². The molecule has 0 radical (unpaired) electrons. The molecule has 1 aliphatic carbocycles. The van der Waals surface area contributed by atoms with Crippen LogP contribution in [0.4, 0.5) is 0 Å². The number of thiophene rings is 1. The van der Waals surface area contributed by atoms with Gasteiger partial charge in [0.2, 0.25) is 0 Å². The van der Waals surface area contributed by atoms with Crippen molar-refractivity contribution in [3.8, 4) is 0 Å². The van der Waals surface area contributed by atoms with E-state index in [0.717, 1.165) is 35.0 Å². The highest BCUT2D eigenvalue weighted by molar-refractivity contribution is 7.98. The zero-order valence-corrected chi connectivity index (χ0v) is 16.7. The maximum atomic E-state index is 12.6. The Morgan fingerprint density at radius 3 is 2.81 bits per heavy atom. The van der Waals surface area contributed by atoms with Crippen molar-refractivity contribution < 1.29 is 9.53 Å². The quantitative estimate of drug-likeness (QED) is 0.392. The summed E-state index contributed by atoms with van der Waals surface area (Å²) in [5.41, 5.74) is 2.78. The smallest absolute Gasteiger partial charge is 0.338 e. The molecule has 140 valence electrons. The van der Waals surface area contributed by atoms with Crippen LogP contribution in [0.3, 0.4) is 0 Å². The number of aromatic amines is 1. The fourth-order valence-electron chi connectivity index (χ4n) is 3.32. The number of rotatable bonds is 5. The van der Waals surface area contributed by atoms with Crippen LogP contribution in [0.1, 0.15) is 46.1 Å². The van der Waals surface area contributed by atoms with Crippen molar-refractivity contribution in [3.05, 3.63) is 56.2 Å². The van der Waals surface area contributed by atoms with Crippen LogP contribution in [0.2, 0.25) is 0 Å². The van der Waals surface area contributed by atoms with Crippen molar-refractivity contribution in [1.82, 2.24) is 9.97 Å². The number of hydrogen-bond acceptors (Lipinski definition) is 6. The molecule has 27 heavy (non-hydrogen) atoms. The van der Waals surface area contributed by atoms with E-state index in [2.05, 4.69) is 9.97 Å². The van der Waals surface area contributed by atoms with E-state index in [9.17, 15) is 9.59 Å². The van der Waals surface area contributed by atoms with E-state index in [4.69, 9.17) is 4.74 Å². The largest absolute Gasteiger partial charge is 0.462 e. The summed E-state index contributed by atoms with van der Waals surface area (Å²) in [6.45, 7) is 2.15. The standard InChI is InChI=1S/C20H20N2O3S2/c1-2-25-19(24)13-9-7-12(8-10-13)11-26-20-21-17(23)16-14-5-3-4-6-15(14)27-18(16)22-20/h7-10H,2-6,11H2,1H3,(H,21,22,23). The molecule has 0 spiro atoms. The van der Waals surface area contributed by atoms with E-state index in [1.54, 1.807) is 30.4 Å². The maximum absolute atomic E-state index is 12.6. The van der Waals surface area contributed by atoms with Crippen molar-refractivity contribution in [2.24, 2.45) is 0 Å². The number of aryl methyl sites for hydroxylation is 2. The number of carbonyl (C=O) groups excluding carboxylic acids is 1. The molecule has 3 aromatic rings. The van der Waals surface area contributed by atoms with Gasteiger partial charge in [-0.15, -0.1) is 11.3 Å². The van der Waals surface area contributed by atoms with E-state index < -0.39 is 0 Å². The van der Waals surface area contributed by atoms with Gasteiger partial charge in [-0.2, -0.15) is 0 Å². The Morgan fingerprint density at radius 2 is 2.04 bits per heavy atom. The van der Waals surface area contributed by atoms with E-state index in [0.29, 0.717) is 23.1 Å². The number of carbonyl (C=O) groups is 1. The molecule has 0 saturated carbocycles. The summed E-state index contributed by atoms with van der Waals surface area (Å²) < 4.78 is 4.99. The number of esters is 1. The van der Waals surface area contributed by atoms with Gasteiger partial charge in [-0.05, 0) is 55.9 Å². The lowest BCUT2D eigenvalue weighted by molar-refractivity contribution is 0.0526. The average Bonchev–Trinajstić information content (AvgIpc) is 3.06. The molecule has 0 amide bonds. The Hall–Kier alpha value is -2.12. The lowest BCUT2D eigenvalue weighted by Gasteiger charge is -2.09. The first-order valence-electron chi connectivity index (χ1n) is 9.09. The minimum Gasteiger partial charge on any atom is -0.462 e. The summed E-state index contributed by atoms with van der Waals surface area (Å²) in [6, 6.07) is 7.33. The van der Waals surface area contributed by atoms with Gasteiger partial charge < -0.3 is 9.72 Å². The second kappa shape index (κ2) is 7.86. The Labute approximate surface area is 165 Å². The number of ether oxygens (including phenoxy) is 1. The second-order valence-corrected chi connectivity index (χ2v) is 8.52. The number of aromatic nitrogens is 2. The highest BCUT2D eigenvalue weighted by atomic mass is 32.2. The summed E-state index contributed by atoms with van der Waals surface area (Å²) in [5, 5.41) is 1.43. The maximum Gasteiger partial charge on any atom is 0.338 e. The first-order valence-corrected chi connectivity index (χ1v) is 10.9. The molecule has 1 aliphatic rings. The van der Waals surface area contributed by atoms with Gasteiger partial charge in [0.15, 0.2) is 5.16 Å². The van der Waals surface area contributed by atoms with E-state index in [1.807, 2.05) is 12.1 Å². The Balaban J connectivity index is 1.51. The van der Waals surface area contributed by atoms with Crippen molar-refractivity contribution >= 4 is 39.3 Å². The molecular weight excluding hydrogens is 380 g/mol. The van der Waals surface area contributed by atoms with Gasteiger partial charge in [-0.3, -0.25) is 4.79 Å². The van der Waals surface area contributed by atoms with Crippen LogP contribution in [0, 0.1) is 0 Å². The van der Waals surface area contributed by atoms with E-state index in [1.165, 1.54) is 28.6 Å². The molecule has 7 heteroatoms. The normalized spacial score (nSPS) is 13.5. The summed E-state index contributed by atoms with van der Waals surface area (Å²) in [7, 11) is 0. The molecule has 0 bridgehead atoms. The fourth-order valence-corrected chi connectivity index (χ4v) is 5.45. The summed E-state index contributed by atoms with van der Waals surface area (Å²) in [4.78, 5) is 34.1. The minimum absolute atomic E-state index is 0.0282. The van der Waals surface area contributed by atoms with Crippen LogP contribution in [0.5, 0.6) is 0 Å². The SMILES string of the molecule is CCOC(=O)c1ccc(CSc2nc3sc4c(c3c(=O)[nH]2)CCCC4)cc1. The third-order valence-corrected chi connectivity index (χ3v) is 6.77. The molecule has 0 aliphatic heterocycles. The predicted octanol–water partition coefficient (Wildman–Crippen LogP) is 4.33. The number of nitrogens with zero attached hydrogens (tertiary/aromatic N) is 1. The number of fused-ring (bicyclic) bond motifs is 3. The van der Waals surface area contributed by atoms with Crippen molar-refractivity contribution in [1.29, 1.82) is 0 Å². The first-order chi connectivity index (χ1) is 13.2. The number of nitrogens with one attached hydrogen (secondary N) is 1. The van der Waals surface area contributed by atoms with Crippen LogP contribution in [0.25, 0.3) is 10.2 Å². The van der Waals surface area contributed by atoms with Gasteiger partial charge >= 0.3 is 5.97 Å². The minimum atomic E-state index is -0.310. The molecule has 5 nitrogen and oxygen atoms in total. The third kappa shape index (κ3) is 3.80. The Bertz CT molecular complexity index is 1040. The molecule has 4 rings (SSSR count). The molecule has 2 aromatic heterocycles. The topological polar surface area (TPSA) is 72.0 Å². The van der Waals surface area contributed by atoms with E-state index in [-0.39, 0.29) is 11.5 Å². The highest BCUT2D eigenvalue weighted by Gasteiger charge is 2.19. The molecule has 1 aromatic carbocycles. The molecular formula is C20H20N2O3S2. The van der Waals surface area contributed by atoms with E-state index >= 15 is 0 Å². The molecule has 0 unspecified atom stereocenters. The number of benzene rings is 1. The van der Waals surface area contributed by atoms with Gasteiger partial charge in [0, 0.05) is 10.6 Å². The fraction of sp³-hybridized carbons (Fsp3) is 0.350. The van der Waals surface area contributed by atoms with Gasteiger partial charge in [0.05, 0.1) is 17.6 Å². The summed E-state index contributed by atoms with van der Waals surface area (Å²) in [5.74, 6) is 0.359. The third-order valence-electron chi connectivity index (χ3n) is 4.64. The van der Waals surface area contributed by atoms with Gasteiger partial charge in [-0.1, -0.05) is 23.9 Å².